The second-order valence-corrected chi connectivity index (χ2v) is 5.48. The van der Waals surface area contributed by atoms with Gasteiger partial charge in [-0.1, -0.05) is 6.07 Å². The summed E-state index contributed by atoms with van der Waals surface area (Å²) in [6.45, 7) is 0. The summed E-state index contributed by atoms with van der Waals surface area (Å²) in [5, 5.41) is 0. The number of carbonyl (C=O) groups is 1. The van der Waals surface area contributed by atoms with Crippen molar-refractivity contribution in [3.63, 3.8) is 0 Å². The molecule has 0 saturated heterocycles. The van der Waals surface area contributed by atoms with Gasteiger partial charge in [-0.3, -0.25) is 4.79 Å². The molecular weight excluding hydrogens is 254 g/mol. The van der Waals surface area contributed by atoms with E-state index in [0.29, 0.717) is 4.88 Å². The maximum Gasteiger partial charge on any atom is 0.206 e. The zero-order valence-corrected chi connectivity index (χ0v) is 10.3. The van der Waals surface area contributed by atoms with Gasteiger partial charge in [0.25, 0.3) is 0 Å². The van der Waals surface area contributed by atoms with E-state index in [9.17, 15) is 13.6 Å². The minimum absolute atomic E-state index is 0.185. The van der Waals surface area contributed by atoms with Crippen molar-refractivity contribution in [1.82, 2.24) is 0 Å². The molecule has 2 aromatic rings. The van der Waals surface area contributed by atoms with E-state index in [-0.39, 0.29) is 5.56 Å². The van der Waals surface area contributed by atoms with Gasteiger partial charge in [0, 0.05) is 4.88 Å². The van der Waals surface area contributed by atoms with E-state index in [0.717, 1.165) is 25.3 Å². The monoisotopic (exact) mass is 264 g/mol. The third-order valence-electron chi connectivity index (χ3n) is 3.17. The van der Waals surface area contributed by atoms with Crippen molar-refractivity contribution in [1.29, 1.82) is 0 Å². The number of fused-ring (bicyclic) bond motifs is 1. The molecule has 1 aliphatic rings. The fourth-order valence-electron chi connectivity index (χ4n) is 2.25. The number of carbonyl (C=O) groups excluding carboxylic acids is 1. The predicted molar refractivity (Wildman–Crippen MR) is 66.1 cm³/mol. The Balaban J connectivity index is 2.01. The largest absolute Gasteiger partial charge is 0.288 e. The lowest BCUT2D eigenvalue weighted by atomic mass is 10.1. The topological polar surface area (TPSA) is 17.1 Å². The lowest BCUT2D eigenvalue weighted by molar-refractivity contribution is 0.103. The Hall–Kier alpha value is -1.55. The summed E-state index contributed by atoms with van der Waals surface area (Å²) in [5.41, 5.74) is 0.995. The van der Waals surface area contributed by atoms with Crippen LogP contribution in [0, 0.1) is 11.6 Å². The first kappa shape index (κ1) is 11.5. The highest BCUT2D eigenvalue weighted by molar-refractivity contribution is 7.14. The van der Waals surface area contributed by atoms with Gasteiger partial charge in [0.1, 0.15) is 0 Å². The van der Waals surface area contributed by atoms with Gasteiger partial charge in [-0.2, -0.15) is 0 Å². The van der Waals surface area contributed by atoms with E-state index in [4.69, 9.17) is 0 Å². The summed E-state index contributed by atoms with van der Waals surface area (Å²) in [6, 6.07) is 5.51. The Morgan fingerprint density at radius 2 is 2.06 bits per heavy atom. The third-order valence-corrected chi connectivity index (χ3v) is 4.40. The fraction of sp³-hybridized carbons (Fsp3) is 0.214. The normalized spacial score (nSPS) is 13.7. The molecule has 0 bridgehead atoms. The van der Waals surface area contributed by atoms with Gasteiger partial charge in [0.15, 0.2) is 11.6 Å². The molecule has 92 valence electrons. The summed E-state index contributed by atoms with van der Waals surface area (Å²) in [6.07, 6.45) is 3.08. The van der Waals surface area contributed by atoms with Crippen LogP contribution in [0.5, 0.6) is 0 Å². The van der Waals surface area contributed by atoms with Crippen LogP contribution in [0.4, 0.5) is 8.78 Å². The Bertz CT molecular complexity index is 609. The number of ketones is 1. The summed E-state index contributed by atoms with van der Waals surface area (Å²) in [4.78, 5) is 13.8. The van der Waals surface area contributed by atoms with Crippen LogP contribution in [-0.2, 0) is 12.8 Å². The fourth-order valence-corrected chi connectivity index (χ4v) is 3.46. The second kappa shape index (κ2) is 4.28. The van der Waals surface area contributed by atoms with Gasteiger partial charge in [0.05, 0.1) is 10.4 Å². The number of halogens is 2. The zero-order valence-electron chi connectivity index (χ0n) is 9.50. The highest BCUT2D eigenvalue weighted by atomic mass is 32.1. The molecule has 1 heterocycles. The first-order chi connectivity index (χ1) is 8.66. The molecule has 0 spiro atoms. The molecule has 4 heteroatoms. The first-order valence-electron chi connectivity index (χ1n) is 5.77. The molecule has 1 aromatic heterocycles. The molecule has 1 aromatic carbocycles. The number of thiophene rings is 1. The molecule has 0 amide bonds. The lowest BCUT2D eigenvalue weighted by Crippen LogP contribution is -2.04. The minimum atomic E-state index is -1.06. The van der Waals surface area contributed by atoms with Gasteiger partial charge < -0.3 is 0 Å². The molecule has 3 rings (SSSR count). The van der Waals surface area contributed by atoms with E-state index in [1.54, 1.807) is 0 Å². The summed E-state index contributed by atoms with van der Waals surface area (Å²) in [7, 11) is 0. The van der Waals surface area contributed by atoms with E-state index in [1.165, 1.54) is 33.9 Å². The van der Waals surface area contributed by atoms with Crippen LogP contribution in [-0.4, -0.2) is 5.78 Å². The van der Waals surface area contributed by atoms with Crippen molar-refractivity contribution in [2.45, 2.75) is 19.3 Å². The number of hydrogen-bond donors (Lipinski definition) is 0. The van der Waals surface area contributed by atoms with E-state index >= 15 is 0 Å². The smallest absolute Gasteiger partial charge is 0.206 e. The standard InChI is InChI=1S/C14H10F2OS/c15-10-5-2-4-9(13(10)16)14(17)12-7-8-3-1-6-11(8)18-12/h2,4-5,7H,1,3,6H2. The molecule has 1 aliphatic carbocycles. The van der Waals surface area contributed by atoms with E-state index < -0.39 is 17.4 Å². The maximum absolute atomic E-state index is 13.5. The van der Waals surface area contributed by atoms with Crippen LogP contribution < -0.4 is 0 Å². The van der Waals surface area contributed by atoms with Crippen molar-refractivity contribution in [3.05, 3.63) is 56.8 Å². The first-order valence-corrected chi connectivity index (χ1v) is 6.59. The van der Waals surface area contributed by atoms with Gasteiger partial charge in [0.2, 0.25) is 5.78 Å². The second-order valence-electron chi connectivity index (χ2n) is 4.34. The van der Waals surface area contributed by atoms with Gasteiger partial charge in [-0.05, 0) is 43.0 Å². The van der Waals surface area contributed by atoms with Crippen LogP contribution in [0.1, 0.15) is 32.1 Å². The summed E-state index contributed by atoms with van der Waals surface area (Å²) < 4.78 is 26.6. The highest BCUT2D eigenvalue weighted by Gasteiger charge is 2.22. The Morgan fingerprint density at radius 3 is 2.83 bits per heavy atom. The Labute approximate surface area is 107 Å². The van der Waals surface area contributed by atoms with Crippen LogP contribution in [0.15, 0.2) is 24.3 Å². The van der Waals surface area contributed by atoms with Crippen molar-refractivity contribution >= 4 is 17.1 Å². The average Bonchev–Trinajstić information content (AvgIpc) is 2.92. The van der Waals surface area contributed by atoms with Crippen LogP contribution in [0.2, 0.25) is 0 Å². The molecule has 0 fully saturated rings. The average molecular weight is 264 g/mol. The summed E-state index contributed by atoms with van der Waals surface area (Å²) in [5.74, 6) is -2.47. The number of benzene rings is 1. The Morgan fingerprint density at radius 1 is 1.22 bits per heavy atom. The van der Waals surface area contributed by atoms with E-state index in [2.05, 4.69) is 0 Å². The van der Waals surface area contributed by atoms with Crippen molar-refractivity contribution in [2.75, 3.05) is 0 Å². The van der Waals surface area contributed by atoms with Crippen molar-refractivity contribution in [3.8, 4) is 0 Å². The quantitative estimate of drug-likeness (QED) is 0.755. The minimum Gasteiger partial charge on any atom is -0.288 e. The number of hydrogen-bond acceptors (Lipinski definition) is 2. The predicted octanol–water partition coefficient (Wildman–Crippen LogP) is 3.75. The molecule has 0 saturated carbocycles. The molecule has 0 unspecified atom stereocenters. The van der Waals surface area contributed by atoms with E-state index in [1.807, 2.05) is 6.07 Å². The highest BCUT2D eigenvalue weighted by Crippen LogP contribution is 2.32. The van der Waals surface area contributed by atoms with Gasteiger partial charge in [-0.15, -0.1) is 11.3 Å². The summed E-state index contributed by atoms with van der Waals surface area (Å²) >= 11 is 1.40. The molecule has 0 N–H and O–H groups in total. The van der Waals surface area contributed by atoms with Crippen molar-refractivity contribution in [2.24, 2.45) is 0 Å². The molecular formula is C14H10F2OS. The van der Waals surface area contributed by atoms with Crippen LogP contribution in [0.3, 0.4) is 0 Å². The molecule has 0 radical (unpaired) electrons. The Kier molecular flexibility index (Phi) is 2.74. The maximum atomic E-state index is 13.5. The SMILES string of the molecule is O=C(c1cc2c(s1)CCC2)c1cccc(F)c1F. The van der Waals surface area contributed by atoms with Crippen LogP contribution >= 0.6 is 11.3 Å². The van der Waals surface area contributed by atoms with Gasteiger partial charge >= 0.3 is 0 Å². The van der Waals surface area contributed by atoms with Crippen molar-refractivity contribution < 1.29 is 13.6 Å². The zero-order chi connectivity index (χ0) is 12.7. The van der Waals surface area contributed by atoms with Gasteiger partial charge in [-0.25, -0.2) is 8.78 Å². The lowest BCUT2D eigenvalue weighted by Gasteiger charge is -2.01. The third kappa shape index (κ3) is 1.77. The molecule has 18 heavy (non-hydrogen) atoms. The molecule has 0 aliphatic heterocycles. The molecule has 0 atom stereocenters. The number of rotatable bonds is 2. The number of aryl methyl sites for hydroxylation is 2. The molecule has 1 nitrogen and oxygen atoms in total. The van der Waals surface area contributed by atoms with Crippen LogP contribution in [0.25, 0.3) is 0 Å².